The van der Waals surface area contributed by atoms with Gasteiger partial charge < -0.3 is 18.6 Å². The number of rotatable bonds is 3. The zero-order valence-corrected chi connectivity index (χ0v) is 18.8. The summed E-state index contributed by atoms with van der Waals surface area (Å²) in [5, 5.41) is 0. The third-order valence-corrected chi connectivity index (χ3v) is 5.49. The summed E-state index contributed by atoms with van der Waals surface area (Å²) in [5.74, 6) is -3.11. The van der Waals surface area contributed by atoms with Crippen molar-refractivity contribution in [3.63, 3.8) is 0 Å². The lowest BCUT2D eigenvalue weighted by Gasteiger charge is -2.16. The van der Waals surface area contributed by atoms with Crippen LogP contribution in [0.3, 0.4) is 0 Å². The molecule has 0 saturated carbocycles. The lowest BCUT2D eigenvalue weighted by molar-refractivity contribution is -0.147. The SMILES string of the molecule is O=C1OB(c2cc(C(F)(F)F)cc(C(F)(F)F)c2)O[C@@H]1[C@H]1OB(c2cc(C(F)(F)F)cc(C(F)(F)F)c2)OC1=O. The first-order valence-electron chi connectivity index (χ1n) is 10.5. The Labute approximate surface area is 214 Å². The van der Waals surface area contributed by atoms with Crippen molar-refractivity contribution in [3.05, 3.63) is 58.7 Å². The maximum atomic E-state index is 13.1. The van der Waals surface area contributed by atoms with Crippen molar-refractivity contribution < 1.29 is 80.9 Å². The molecule has 2 aliphatic heterocycles. The van der Waals surface area contributed by atoms with E-state index in [1.165, 1.54) is 0 Å². The van der Waals surface area contributed by atoms with Crippen LogP contribution in [0.15, 0.2) is 36.4 Å². The van der Waals surface area contributed by atoms with E-state index in [9.17, 15) is 62.3 Å². The van der Waals surface area contributed by atoms with E-state index in [4.69, 9.17) is 9.31 Å². The molecule has 0 N–H and O–H groups in total. The van der Waals surface area contributed by atoms with Crippen LogP contribution in [-0.4, -0.2) is 38.4 Å². The molecule has 0 aromatic heterocycles. The highest BCUT2D eigenvalue weighted by molar-refractivity contribution is 6.65. The second-order valence-corrected chi connectivity index (χ2v) is 8.33. The van der Waals surface area contributed by atoms with Crippen molar-refractivity contribution in [3.8, 4) is 0 Å². The van der Waals surface area contributed by atoms with E-state index in [1.807, 2.05) is 0 Å². The van der Waals surface area contributed by atoms with E-state index in [2.05, 4.69) is 9.31 Å². The molecule has 20 heteroatoms. The molecule has 6 nitrogen and oxygen atoms in total. The molecule has 4 rings (SSSR count). The van der Waals surface area contributed by atoms with Crippen LogP contribution >= 0.6 is 0 Å². The van der Waals surface area contributed by atoms with Gasteiger partial charge in [-0.2, -0.15) is 52.7 Å². The van der Waals surface area contributed by atoms with Crippen LogP contribution in [0, 0.1) is 0 Å². The first-order valence-corrected chi connectivity index (χ1v) is 10.5. The van der Waals surface area contributed by atoms with Gasteiger partial charge in [0.05, 0.1) is 22.3 Å². The van der Waals surface area contributed by atoms with Crippen LogP contribution < -0.4 is 10.9 Å². The van der Waals surface area contributed by atoms with Gasteiger partial charge in [0.25, 0.3) is 0 Å². The Hall–Kier alpha value is -3.41. The zero-order chi connectivity index (χ0) is 30.0. The van der Waals surface area contributed by atoms with Gasteiger partial charge >= 0.3 is 50.9 Å². The minimum absolute atomic E-state index is 0.174. The molecule has 0 amide bonds. The van der Waals surface area contributed by atoms with Gasteiger partial charge in [-0.1, -0.05) is 0 Å². The Kier molecular flexibility index (Phi) is 7.10. The number of carbonyl (C=O) groups is 2. The average Bonchev–Trinajstić information content (AvgIpc) is 3.38. The molecule has 2 fully saturated rings. The van der Waals surface area contributed by atoms with Crippen LogP contribution in [-0.2, 0) is 52.9 Å². The Morgan fingerprint density at radius 3 is 0.950 bits per heavy atom. The van der Waals surface area contributed by atoms with Crippen molar-refractivity contribution in [1.29, 1.82) is 0 Å². The molecular formula is C20H8B2F12O6. The van der Waals surface area contributed by atoms with E-state index in [0.717, 1.165) is 0 Å². The molecule has 0 radical (unpaired) electrons. The van der Waals surface area contributed by atoms with Crippen LogP contribution in [0.1, 0.15) is 22.3 Å². The smallest absolute Gasteiger partial charge is 0.504 e. The monoisotopic (exact) mass is 594 g/mol. The molecule has 2 saturated heterocycles. The summed E-state index contributed by atoms with van der Waals surface area (Å²) < 4.78 is 177. The Balaban J connectivity index is 1.61. The van der Waals surface area contributed by atoms with Crippen LogP contribution in [0.25, 0.3) is 0 Å². The molecule has 2 aliphatic rings. The molecule has 214 valence electrons. The summed E-state index contributed by atoms with van der Waals surface area (Å²) in [4.78, 5) is 24.6. The minimum atomic E-state index is -5.27. The van der Waals surface area contributed by atoms with Gasteiger partial charge in [0.1, 0.15) is 0 Å². The van der Waals surface area contributed by atoms with Gasteiger partial charge in [-0.3, -0.25) is 9.59 Å². The molecule has 2 aromatic rings. The number of alkyl halides is 12. The van der Waals surface area contributed by atoms with Gasteiger partial charge in [0.15, 0.2) is 12.2 Å². The van der Waals surface area contributed by atoms with Crippen LogP contribution in [0.2, 0.25) is 0 Å². The third kappa shape index (κ3) is 6.01. The third-order valence-electron chi connectivity index (χ3n) is 5.49. The van der Waals surface area contributed by atoms with Crippen LogP contribution in [0.5, 0.6) is 0 Å². The van der Waals surface area contributed by atoms with E-state index >= 15 is 0 Å². The molecule has 2 aromatic carbocycles. The van der Waals surface area contributed by atoms with Crippen molar-refractivity contribution in [2.75, 3.05) is 0 Å². The van der Waals surface area contributed by atoms with Crippen molar-refractivity contribution in [1.82, 2.24) is 0 Å². The summed E-state index contributed by atoms with van der Waals surface area (Å²) in [6.45, 7) is 0. The Morgan fingerprint density at radius 1 is 0.475 bits per heavy atom. The second-order valence-electron chi connectivity index (χ2n) is 8.33. The number of hydrogen-bond donors (Lipinski definition) is 0. The highest BCUT2D eigenvalue weighted by Gasteiger charge is 2.55. The largest absolute Gasteiger partial charge is 0.565 e. The van der Waals surface area contributed by atoms with E-state index in [1.54, 1.807) is 0 Å². The maximum absolute atomic E-state index is 13.1. The normalized spacial score (nSPS) is 20.7. The fraction of sp³-hybridized carbons (Fsp3) is 0.300. The van der Waals surface area contributed by atoms with Gasteiger partial charge in [0.2, 0.25) is 0 Å². The number of hydrogen-bond acceptors (Lipinski definition) is 6. The minimum Gasteiger partial charge on any atom is -0.504 e. The number of halogens is 12. The van der Waals surface area contributed by atoms with Gasteiger partial charge in [-0.05, 0) is 47.3 Å². The first kappa shape index (κ1) is 29.6. The standard InChI is InChI=1S/C20H8B2F12O6/c23-17(24,25)7-1-8(18(26,27)28)4-11(3-7)21-37-13(15(35)39-21)14-16(36)40-22(38-14)12-5-9(19(29,30)31)2-10(6-12)20(32,33)34/h1-6,13-14H/t13-,14-/m1/s1. The van der Waals surface area contributed by atoms with Crippen molar-refractivity contribution >= 4 is 37.1 Å². The molecule has 0 spiro atoms. The summed E-state index contributed by atoms with van der Waals surface area (Å²) in [5.41, 5.74) is -9.06. The molecule has 0 aliphatic carbocycles. The average molecular weight is 594 g/mol. The second kappa shape index (κ2) is 9.60. The highest BCUT2D eigenvalue weighted by Crippen LogP contribution is 2.37. The van der Waals surface area contributed by atoms with Gasteiger partial charge in [-0.25, -0.2) is 0 Å². The lowest BCUT2D eigenvalue weighted by Crippen LogP contribution is -2.40. The predicted octanol–water partition coefficient (Wildman–Crippen LogP) is 3.74. The molecule has 0 bridgehead atoms. The number of benzene rings is 2. The summed E-state index contributed by atoms with van der Waals surface area (Å²) in [6, 6.07) is 0.260. The summed E-state index contributed by atoms with van der Waals surface area (Å²) >= 11 is 0. The zero-order valence-electron chi connectivity index (χ0n) is 18.8. The van der Waals surface area contributed by atoms with E-state index < -0.39 is 96.3 Å². The summed E-state index contributed by atoms with van der Waals surface area (Å²) in [7, 11) is -4.47. The van der Waals surface area contributed by atoms with Crippen molar-refractivity contribution in [2.24, 2.45) is 0 Å². The Morgan fingerprint density at radius 2 is 0.725 bits per heavy atom. The van der Waals surface area contributed by atoms with Crippen LogP contribution in [0.4, 0.5) is 52.7 Å². The van der Waals surface area contributed by atoms with Gasteiger partial charge in [0, 0.05) is 0 Å². The topological polar surface area (TPSA) is 71.1 Å². The lowest BCUT2D eigenvalue weighted by atomic mass is 9.77. The fourth-order valence-electron chi connectivity index (χ4n) is 3.69. The highest BCUT2D eigenvalue weighted by atomic mass is 19.4. The Bertz CT molecular complexity index is 1170. The molecule has 2 atom stereocenters. The van der Waals surface area contributed by atoms with Crippen molar-refractivity contribution in [2.45, 2.75) is 36.9 Å². The summed E-state index contributed by atoms with van der Waals surface area (Å²) in [6.07, 6.45) is -25.5. The van der Waals surface area contributed by atoms with E-state index in [0.29, 0.717) is 0 Å². The maximum Gasteiger partial charge on any atom is 0.565 e. The number of carbonyl (C=O) groups excluding carboxylic acids is 2. The first-order chi connectivity index (χ1) is 18.1. The van der Waals surface area contributed by atoms with E-state index in [-0.39, 0.29) is 36.4 Å². The predicted molar refractivity (Wildman–Crippen MR) is 106 cm³/mol. The molecule has 40 heavy (non-hydrogen) atoms. The molecular weight excluding hydrogens is 586 g/mol. The van der Waals surface area contributed by atoms with Gasteiger partial charge in [-0.15, -0.1) is 0 Å². The molecule has 0 unspecified atom stereocenters. The fourth-order valence-corrected chi connectivity index (χ4v) is 3.69. The molecule has 2 heterocycles. The quantitative estimate of drug-likeness (QED) is 0.399.